The average molecular weight is 272 g/mol. The lowest BCUT2D eigenvalue weighted by Crippen LogP contribution is -2.25. The van der Waals surface area contributed by atoms with Gasteiger partial charge in [0.05, 0.1) is 11.6 Å². The van der Waals surface area contributed by atoms with Crippen LogP contribution in [0.3, 0.4) is 0 Å². The summed E-state index contributed by atoms with van der Waals surface area (Å²) in [5.41, 5.74) is 2.72. The fraction of sp³-hybridized carbons (Fsp3) is 0.417. The third-order valence-corrected chi connectivity index (χ3v) is 2.55. The number of benzene rings is 1. The monoisotopic (exact) mass is 271 g/mol. The first-order valence-electron chi connectivity index (χ1n) is 5.59. The van der Waals surface area contributed by atoms with Crippen LogP contribution in [-0.4, -0.2) is 19.3 Å². The molecule has 1 N–H and O–H groups in total. The summed E-state index contributed by atoms with van der Waals surface area (Å²) >= 11 is 5.98. The van der Waals surface area contributed by atoms with Gasteiger partial charge in [0, 0.05) is 5.56 Å². The van der Waals surface area contributed by atoms with Crippen LogP contribution in [0.1, 0.15) is 24.2 Å². The van der Waals surface area contributed by atoms with E-state index in [4.69, 9.17) is 25.9 Å². The Hall–Kier alpha value is -1.46. The van der Waals surface area contributed by atoms with E-state index in [-0.39, 0.29) is 12.7 Å². The Morgan fingerprint density at radius 3 is 3.00 bits per heavy atom. The van der Waals surface area contributed by atoms with Gasteiger partial charge in [-0.1, -0.05) is 25.4 Å². The number of nitrogens with one attached hydrogen (secondary N) is 1. The van der Waals surface area contributed by atoms with Gasteiger partial charge in [0.1, 0.15) is 0 Å². The van der Waals surface area contributed by atoms with Gasteiger partial charge in [-0.25, -0.2) is 5.48 Å². The highest BCUT2D eigenvalue weighted by Crippen LogP contribution is 2.39. The number of hydroxylamine groups is 1. The first-order valence-corrected chi connectivity index (χ1v) is 5.97. The minimum absolute atomic E-state index is 0.115. The zero-order chi connectivity index (χ0) is 13.1. The molecule has 18 heavy (non-hydrogen) atoms. The fourth-order valence-electron chi connectivity index (χ4n) is 1.43. The molecule has 1 aromatic rings. The summed E-state index contributed by atoms with van der Waals surface area (Å²) < 4.78 is 10.3. The molecular formula is C12H14ClNO4. The quantitative estimate of drug-likeness (QED) is 0.855. The third-order valence-electron chi connectivity index (χ3n) is 2.27. The normalized spacial score (nSPS) is 12.9. The number of carbonyl (C=O) groups is 1. The molecule has 1 aliphatic rings. The van der Waals surface area contributed by atoms with E-state index in [1.54, 1.807) is 6.07 Å². The van der Waals surface area contributed by atoms with E-state index in [1.165, 1.54) is 6.07 Å². The Balaban J connectivity index is 2.05. The predicted molar refractivity (Wildman–Crippen MR) is 65.8 cm³/mol. The second-order valence-electron chi connectivity index (χ2n) is 4.33. The van der Waals surface area contributed by atoms with Crippen LogP contribution in [0.4, 0.5) is 0 Å². The van der Waals surface area contributed by atoms with Gasteiger partial charge in [0.2, 0.25) is 6.79 Å². The van der Waals surface area contributed by atoms with Crippen LogP contribution in [0.15, 0.2) is 12.1 Å². The van der Waals surface area contributed by atoms with Crippen molar-refractivity contribution < 1.29 is 19.1 Å². The van der Waals surface area contributed by atoms with Crippen molar-refractivity contribution in [2.45, 2.75) is 13.8 Å². The number of hydrogen-bond donors (Lipinski definition) is 1. The first kappa shape index (κ1) is 13.0. The molecule has 98 valence electrons. The zero-order valence-corrected chi connectivity index (χ0v) is 10.9. The van der Waals surface area contributed by atoms with Crippen LogP contribution in [0.5, 0.6) is 11.5 Å². The molecule has 6 heteroatoms. The lowest BCUT2D eigenvalue weighted by molar-refractivity contribution is 0.0208. The number of carbonyl (C=O) groups excluding carboxylic acids is 1. The van der Waals surface area contributed by atoms with Gasteiger partial charge in [-0.05, 0) is 18.1 Å². The Labute approximate surface area is 110 Å². The maximum Gasteiger partial charge on any atom is 0.275 e. The van der Waals surface area contributed by atoms with E-state index in [0.717, 1.165) is 0 Å². The van der Waals surface area contributed by atoms with E-state index in [9.17, 15) is 4.79 Å². The number of amides is 1. The van der Waals surface area contributed by atoms with E-state index in [0.29, 0.717) is 34.6 Å². The van der Waals surface area contributed by atoms with Gasteiger partial charge >= 0.3 is 0 Å². The van der Waals surface area contributed by atoms with Crippen molar-refractivity contribution >= 4 is 17.5 Å². The van der Waals surface area contributed by atoms with Crippen LogP contribution in [0.2, 0.25) is 5.02 Å². The molecule has 2 rings (SSSR count). The molecule has 0 aliphatic carbocycles. The third kappa shape index (κ3) is 2.86. The van der Waals surface area contributed by atoms with Gasteiger partial charge < -0.3 is 9.47 Å². The Morgan fingerprint density at radius 2 is 2.28 bits per heavy atom. The van der Waals surface area contributed by atoms with E-state index >= 15 is 0 Å². The van der Waals surface area contributed by atoms with Crippen LogP contribution < -0.4 is 15.0 Å². The lowest BCUT2D eigenvalue weighted by Gasteiger charge is -2.08. The summed E-state index contributed by atoms with van der Waals surface area (Å²) in [5.74, 6) is 0.911. The van der Waals surface area contributed by atoms with Crippen molar-refractivity contribution in [2.75, 3.05) is 13.4 Å². The van der Waals surface area contributed by atoms with Crippen LogP contribution >= 0.6 is 11.6 Å². The summed E-state index contributed by atoms with van der Waals surface area (Å²) in [4.78, 5) is 16.8. The summed E-state index contributed by atoms with van der Waals surface area (Å²) in [6, 6.07) is 3.09. The van der Waals surface area contributed by atoms with Crippen LogP contribution in [0, 0.1) is 5.92 Å². The molecule has 5 nitrogen and oxygen atoms in total. The summed E-state index contributed by atoms with van der Waals surface area (Å²) in [6.45, 7) is 4.54. The predicted octanol–water partition coefficient (Wildman–Crippen LogP) is 2.39. The molecule has 1 amide bonds. The molecule has 0 saturated carbocycles. The maximum atomic E-state index is 11.8. The number of hydrogen-bond acceptors (Lipinski definition) is 4. The Bertz CT molecular complexity index is 462. The largest absolute Gasteiger partial charge is 0.454 e. The first-order chi connectivity index (χ1) is 8.58. The Kier molecular flexibility index (Phi) is 3.93. The van der Waals surface area contributed by atoms with Gasteiger partial charge in [0.25, 0.3) is 5.91 Å². The van der Waals surface area contributed by atoms with Crippen molar-refractivity contribution in [3.05, 3.63) is 22.7 Å². The second kappa shape index (κ2) is 5.46. The van der Waals surface area contributed by atoms with Crippen molar-refractivity contribution in [1.82, 2.24) is 5.48 Å². The highest BCUT2D eigenvalue weighted by molar-refractivity contribution is 6.32. The second-order valence-corrected chi connectivity index (χ2v) is 4.74. The molecule has 0 fully saturated rings. The highest BCUT2D eigenvalue weighted by atomic mass is 35.5. The number of fused-ring (bicyclic) bond motifs is 1. The highest BCUT2D eigenvalue weighted by Gasteiger charge is 2.20. The molecule has 0 aromatic heterocycles. The zero-order valence-electron chi connectivity index (χ0n) is 10.2. The molecule has 0 bridgehead atoms. The van der Waals surface area contributed by atoms with Gasteiger partial charge in [-0.3, -0.25) is 9.63 Å². The molecule has 1 aliphatic heterocycles. The topological polar surface area (TPSA) is 56.8 Å². The summed E-state index contributed by atoms with van der Waals surface area (Å²) in [7, 11) is 0. The molecule has 0 radical (unpaired) electrons. The van der Waals surface area contributed by atoms with Crippen molar-refractivity contribution in [3.63, 3.8) is 0 Å². The van der Waals surface area contributed by atoms with Crippen molar-refractivity contribution in [3.8, 4) is 11.5 Å². The molecular weight excluding hydrogens is 258 g/mol. The van der Waals surface area contributed by atoms with Crippen LogP contribution in [0.25, 0.3) is 0 Å². The fourth-order valence-corrected chi connectivity index (χ4v) is 1.70. The van der Waals surface area contributed by atoms with Gasteiger partial charge in [-0.2, -0.15) is 0 Å². The number of halogens is 1. The minimum Gasteiger partial charge on any atom is -0.454 e. The van der Waals surface area contributed by atoms with Gasteiger partial charge in [-0.15, -0.1) is 0 Å². The number of rotatable bonds is 4. The summed E-state index contributed by atoms with van der Waals surface area (Å²) in [5, 5.41) is 0.346. The number of ether oxygens (including phenoxy) is 2. The molecule has 0 spiro atoms. The van der Waals surface area contributed by atoms with Gasteiger partial charge in [0.15, 0.2) is 11.5 Å². The van der Waals surface area contributed by atoms with Crippen molar-refractivity contribution in [1.29, 1.82) is 0 Å². The maximum absolute atomic E-state index is 11.8. The van der Waals surface area contributed by atoms with Crippen LogP contribution in [-0.2, 0) is 4.84 Å². The Morgan fingerprint density at radius 1 is 1.50 bits per heavy atom. The summed E-state index contributed by atoms with van der Waals surface area (Å²) in [6.07, 6.45) is 0. The minimum atomic E-state index is -0.365. The van der Waals surface area contributed by atoms with E-state index in [2.05, 4.69) is 5.48 Å². The molecule has 1 aromatic carbocycles. The smallest absolute Gasteiger partial charge is 0.275 e. The standard InChI is InChI=1S/C12H14ClNO4/c1-7(2)5-18-14-12(15)8-3-9(13)11-10(4-8)16-6-17-11/h3-4,7H,5-6H2,1-2H3,(H,14,15). The lowest BCUT2D eigenvalue weighted by atomic mass is 10.2. The SMILES string of the molecule is CC(C)CONC(=O)c1cc(Cl)c2c(c1)OCO2. The molecule has 0 saturated heterocycles. The molecule has 0 unspecified atom stereocenters. The van der Waals surface area contributed by atoms with E-state index in [1.807, 2.05) is 13.8 Å². The molecule has 1 heterocycles. The average Bonchev–Trinajstić information content (AvgIpc) is 2.76. The van der Waals surface area contributed by atoms with Crippen molar-refractivity contribution in [2.24, 2.45) is 5.92 Å². The molecule has 0 atom stereocenters. The van der Waals surface area contributed by atoms with E-state index < -0.39 is 0 Å².